The zero-order valence-electron chi connectivity index (χ0n) is 2.94. The van der Waals surface area contributed by atoms with Crippen LogP contribution < -0.4 is 0 Å². The average molecular weight is 205 g/mol. The Morgan fingerprint density at radius 1 is 1.14 bits per heavy atom. The van der Waals surface area contributed by atoms with E-state index in [0.29, 0.717) is 0 Å². The SMILES string of the molecule is O=S(=O)(O)O.[Ni].[Ti]. The molecule has 0 heterocycles. The summed E-state index contributed by atoms with van der Waals surface area (Å²) in [5, 5.41) is 0. The first-order valence-corrected chi connectivity index (χ1v) is 2.10. The fraction of sp³-hybridized carbons (Fsp3) is 0. The molecule has 4 nitrogen and oxygen atoms in total. The van der Waals surface area contributed by atoms with Gasteiger partial charge in [0.2, 0.25) is 0 Å². The molecule has 0 spiro atoms. The predicted octanol–water partition coefficient (Wildman–Crippen LogP) is -0.658. The monoisotopic (exact) mass is 204 g/mol. The first-order valence-electron chi connectivity index (χ1n) is 0.698. The molecule has 0 aromatic carbocycles. The molecule has 0 saturated heterocycles. The molecule has 0 unspecified atom stereocenters. The number of hydrogen-bond acceptors (Lipinski definition) is 2. The maximum Gasteiger partial charge on any atom is 0.394 e. The Hall–Kier alpha value is 1.08. The molecule has 0 aliphatic heterocycles. The van der Waals surface area contributed by atoms with E-state index in [2.05, 4.69) is 0 Å². The maximum absolute atomic E-state index is 8.74. The zero-order chi connectivity index (χ0) is 4.50. The maximum atomic E-state index is 8.74. The van der Waals surface area contributed by atoms with Gasteiger partial charge >= 0.3 is 10.4 Å². The van der Waals surface area contributed by atoms with E-state index in [-0.39, 0.29) is 38.2 Å². The molecular weight excluding hydrogens is 203 g/mol. The Kier molecular flexibility index (Phi) is 11.7. The summed E-state index contributed by atoms with van der Waals surface area (Å²) in [4.78, 5) is 0. The normalized spacial score (nSPS) is 8.29. The molecule has 0 fully saturated rings. The minimum atomic E-state index is -4.67. The Morgan fingerprint density at radius 3 is 1.14 bits per heavy atom. The summed E-state index contributed by atoms with van der Waals surface area (Å²) in [6, 6.07) is 0. The molecule has 7 heteroatoms. The first kappa shape index (κ1) is 15.7. The Balaban J connectivity index is -0.0000000800. The Bertz CT molecular complexity index is 94.9. The van der Waals surface area contributed by atoms with Crippen molar-refractivity contribution in [2.24, 2.45) is 0 Å². The van der Waals surface area contributed by atoms with Crippen LogP contribution in [0.15, 0.2) is 0 Å². The van der Waals surface area contributed by atoms with Crippen LogP contribution in [0.25, 0.3) is 0 Å². The van der Waals surface area contributed by atoms with Gasteiger partial charge in [0.25, 0.3) is 0 Å². The van der Waals surface area contributed by atoms with Gasteiger partial charge in [-0.25, -0.2) is 0 Å². The van der Waals surface area contributed by atoms with Crippen molar-refractivity contribution in [1.29, 1.82) is 0 Å². The van der Waals surface area contributed by atoms with E-state index >= 15 is 0 Å². The van der Waals surface area contributed by atoms with Gasteiger partial charge in [-0.15, -0.1) is 0 Å². The van der Waals surface area contributed by atoms with Crippen LogP contribution in [0.5, 0.6) is 0 Å². The first-order chi connectivity index (χ1) is 2.00. The molecule has 0 aromatic heterocycles. The summed E-state index contributed by atoms with van der Waals surface area (Å²) >= 11 is 0. The molecule has 0 aromatic rings. The van der Waals surface area contributed by atoms with E-state index < -0.39 is 10.4 Å². The van der Waals surface area contributed by atoms with Crippen molar-refractivity contribution >= 4 is 10.4 Å². The van der Waals surface area contributed by atoms with Gasteiger partial charge in [0, 0.05) is 38.2 Å². The van der Waals surface area contributed by atoms with Gasteiger partial charge in [-0.2, -0.15) is 8.42 Å². The summed E-state index contributed by atoms with van der Waals surface area (Å²) in [5.41, 5.74) is 0. The summed E-state index contributed by atoms with van der Waals surface area (Å²) in [6.07, 6.45) is 0. The zero-order valence-corrected chi connectivity index (χ0v) is 6.30. The van der Waals surface area contributed by atoms with Crippen molar-refractivity contribution in [2.75, 3.05) is 0 Å². The van der Waals surface area contributed by atoms with E-state index in [1.165, 1.54) is 0 Å². The summed E-state index contributed by atoms with van der Waals surface area (Å²) in [7, 11) is -4.67. The molecular formula is H2NiO4STi. The van der Waals surface area contributed by atoms with Crippen molar-refractivity contribution in [3.05, 3.63) is 0 Å². The number of rotatable bonds is 0. The third-order valence-electron chi connectivity index (χ3n) is 0. The summed E-state index contributed by atoms with van der Waals surface area (Å²) in [5.74, 6) is 0. The average Bonchev–Trinajstić information content (AvgIpc) is 0.722. The molecule has 2 N–H and O–H groups in total. The molecule has 7 heavy (non-hydrogen) atoms. The second kappa shape index (κ2) is 5.22. The van der Waals surface area contributed by atoms with E-state index in [4.69, 9.17) is 17.5 Å². The Morgan fingerprint density at radius 2 is 1.14 bits per heavy atom. The topological polar surface area (TPSA) is 74.6 Å². The molecule has 0 aliphatic rings. The second-order valence-electron chi connectivity index (χ2n) is 0.448. The molecule has 0 bridgehead atoms. The summed E-state index contributed by atoms with van der Waals surface area (Å²) in [6.45, 7) is 0. The molecule has 46 valence electrons. The predicted molar refractivity (Wildman–Crippen MR) is 14.2 cm³/mol. The van der Waals surface area contributed by atoms with Crippen LogP contribution in [0.1, 0.15) is 0 Å². The molecule has 0 rings (SSSR count). The molecule has 0 atom stereocenters. The van der Waals surface area contributed by atoms with Crippen molar-refractivity contribution in [3.63, 3.8) is 0 Å². The van der Waals surface area contributed by atoms with Gasteiger partial charge in [0.1, 0.15) is 0 Å². The van der Waals surface area contributed by atoms with Crippen LogP contribution >= 0.6 is 0 Å². The van der Waals surface area contributed by atoms with E-state index in [9.17, 15) is 0 Å². The smallest absolute Gasteiger partial charge is 0.264 e. The summed E-state index contributed by atoms with van der Waals surface area (Å²) < 4.78 is 31.6. The molecule has 0 aliphatic carbocycles. The molecule has 0 saturated carbocycles. The third kappa shape index (κ3) is 157. The molecule has 0 amide bonds. The van der Waals surface area contributed by atoms with Gasteiger partial charge in [-0.1, -0.05) is 0 Å². The fourth-order valence-electron chi connectivity index (χ4n) is 0. The Labute approximate surface area is 66.1 Å². The van der Waals surface area contributed by atoms with Crippen LogP contribution in [0.3, 0.4) is 0 Å². The van der Waals surface area contributed by atoms with E-state index in [1.807, 2.05) is 0 Å². The van der Waals surface area contributed by atoms with Crippen LogP contribution in [-0.4, -0.2) is 17.5 Å². The van der Waals surface area contributed by atoms with Gasteiger partial charge in [-0.3, -0.25) is 9.11 Å². The van der Waals surface area contributed by atoms with Gasteiger partial charge in [0.05, 0.1) is 0 Å². The quantitative estimate of drug-likeness (QED) is 0.406. The molecule has 0 radical (unpaired) electrons. The van der Waals surface area contributed by atoms with Gasteiger partial charge in [0.15, 0.2) is 0 Å². The van der Waals surface area contributed by atoms with Gasteiger partial charge in [-0.05, 0) is 0 Å². The minimum Gasteiger partial charge on any atom is -0.264 e. The van der Waals surface area contributed by atoms with Crippen molar-refractivity contribution < 1.29 is 55.7 Å². The van der Waals surface area contributed by atoms with Crippen LogP contribution in [0.4, 0.5) is 0 Å². The van der Waals surface area contributed by atoms with Gasteiger partial charge < -0.3 is 0 Å². The standard InChI is InChI=1S/Ni.H2O4S.Ti/c;1-5(2,3)4;/h;(H2,1,2,3,4);. The van der Waals surface area contributed by atoms with Crippen molar-refractivity contribution in [1.82, 2.24) is 0 Å². The fourth-order valence-corrected chi connectivity index (χ4v) is 0. The van der Waals surface area contributed by atoms with Crippen molar-refractivity contribution in [3.8, 4) is 0 Å². The minimum absolute atomic E-state index is 0. The van der Waals surface area contributed by atoms with Crippen LogP contribution in [0, 0.1) is 0 Å². The van der Waals surface area contributed by atoms with Crippen LogP contribution in [-0.2, 0) is 48.6 Å². The van der Waals surface area contributed by atoms with E-state index in [0.717, 1.165) is 0 Å². The second-order valence-corrected chi connectivity index (χ2v) is 1.34. The third-order valence-corrected chi connectivity index (χ3v) is 0. The van der Waals surface area contributed by atoms with Crippen LogP contribution in [0.2, 0.25) is 0 Å². The van der Waals surface area contributed by atoms with Crippen molar-refractivity contribution in [2.45, 2.75) is 0 Å². The van der Waals surface area contributed by atoms with E-state index in [1.54, 1.807) is 0 Å². The number of hydrogen-bond donors (Lipinski definition) is 2. The largest absolute Gasteiger partial charge is 0.394 e.